The number of non-ortho nitro benzene ring substituents is 1. The maximum Gasteiger partial charge on any atom is 0.271 e. The molecule has 2 aromatic rings. The summed E-state index contributed by atoms with van der Waals surface area (Å²) < 4.78 is 2.17. The number of hydrogen-bond donors (Lipinski definition) is 1. The van der Waals surface area contributed by atoms with Crippen molar-refractivity contribution in [3.05, 3.63) is 40.6 Å². The number of nitro groups is 1. The number of nitro benzene ring substituents is 1. The van der Waals surface area contributed by atoms with E-state index < -0.39 is 0 Å². The summed E-state index contributed by atoms with van der Waals surface area (Å²) in [5.74, 6) is 0. The largest absolute Gasteiger partial charge is 0.344 e. The van der Waals surface area contributed by atoms with Gasteiger partial charge >= 0.3 is 0 Å². The summed E-state index contributed by atoms with van der Waals surface area (Å²) in [7, 11) is 0. The van der Waals surface area contributed by atoms with Gasteiger partial charge in [-0.05, 0) is 37.8 Å². The van der Waals surface area contributed by atoms with Crippen LogP contribution in [0.1, 0.15) is 31.7 Å². The predicted molar refractivity (Wildman–Crippen MR) is 74.1 cm³/mol. The number of benzene rings is 1. The van der Waals surface area contributed by atoms with Crippen molar-refractivity contribution in [3.63, 3.8) is 0 Å². The van der Waals surface area contributed by atoms with Crippen molar-refractivity contribution in [2.75, 3.05) is 0 Å². The number of aromatic nitrogens is 1. The molecule has 1 aromatic carbocycles. The molecule has 0 spiro atoms. The third-order valence-electron chi connectivity index (χ3n) is 4.05. The highest BCUT2D eigenvalue weighted by atomic mass is 16.6. The lowest BCUT2D eigenvalue weighted by Crippen LogP contribution is -2.27. The number of hydrogen-bond acceptors (Lipinski definition) is 3. The zero-order chi connectivity index (χ0) is 13.4. The second kappa shape index (κ2) is 4.66. The summed E-state index contributed by atoms with van der Waals surface area (Å²) in [6.07, 6.45) is 6.19. The Bertz CT molecular complexity index is 612. The van der Waals surface area contributed by atoms with Crippen molar-refractivity contribution < 1.29 is 4.92 Å². The first-order chi connectivity index (χ1) is 9.15. The zero-order valence-corrected chi connectivity index (χ0v) is 10.7. The molecule has 100 valence electrons. The van der Waals surface area contributed by atoms with Crippen molar-refractivity contribution in [1.29, 1.82) is 0 Å². The Labute approximate surface area is 111 Å². The standard InChI is InChI=1S/C14H17N3O2/c15-11-2-5-12(6-3-11)16-8-7-10-1-4-13(17(18)19)9-14(10)16/h1,4,7-9,11-12H,2-3,5-6,15H2/t11-,12+. The van der Waals surface area contributed by atoms with Crippen LogP contribution in [-0.2, 0) is 0 Å². The highest BCUT2D eigenvalue weighted by Gasteiger charge is 2.21. The highest BCUT2D eigenvalue weighted by molar-refractivity contribution is 5.82. The van der Waals surface area contributed by atoms with Gasteiger partial charge in [0.1, 0.15) is 0 Å². The van der Waals surface area contributed by atoms with Gasteiger partial charge in [0.05, 0.1) is 10.4 Å². The number of nitrogens with two attached hydrogens (primary N) is 1. The Hall–Kier alpha value is -1.88. The summed E-state index contributed by atoms with van der Waals surface area (Å²) in [4.78, 5) is 10.5. The van der Waals surface area contributed by atoms with E-state index in [1.54, 1.807) is 12.1 Å². The van der Waals surface area contributed by atoms with Gasteiger partial charge in [-0.3, -0.25) is 10.1 Å². The summed E-state index contributed by atoms with van der Waals surface area (Å²) in [5.41, 5.74) is 7.03. The fourth-order valence-corrected chi connectivity index (χ4v) is 2.95. The van der Waals surface area contributed by atoms with E-state index in [2.05, 4.69) is 4.57 Å². The molecule has 0 unspecified atom stereocenters. The van der Waals surface area contributed by atoms with Gasteiger partial charge in [0.2, 0.25) is 0 Å². The summed E-state index contributed by atoms with van der Waals surface area (Å²) in [5, 5.41) is 11.9. The molecule has 5 heteroatoms. The molecule has 1 aliphatic rings. The molecule has 0 saturated heterocycles. The minimum atomic E-state index is -0.340. The smallest absolute Gasteiger partial charge is 0.271 e. The van der Waals surface area contributed by atoms with Crippen molar-refractivity contribution in [3.8, 4) is 0 Å². The van der Waals surface area contributed by atoms with Crippen LogP contribution in [0, 0.1) is 10.1 Å². The number of nitrogens with zero attached hydrogens (tertiary/aromatic N) is 2. The normalized spacial score (nSPS) is 23.6. The molecule has 3 rings (SSSR count). The Morgan fingerprint density at radius 2 is 1.95 bits per heavy atom. The van der Waals surface area contributed by atoms with Crippen LogP contribution in [0.2, 0.25) is 0 Å². The van der Waals surface area contributed by atoms with E-state index in [0.717, 1.165) is 36.6 Å². The lowest BCUT2D eigenvalue weighted by Gasteiger charge is -2.28. The Balaban J connectivity index is 1.99. The van der Waals surface area contributed by atoms with Crippen molar-refractivity contribution in [1.82, 2.24) is 4.57 Å². The monoisotopic (exact) mass is 259 g/mol. The van der Waals surface area contributed by atoms with Gasteiger partial charge in [0.15, 0.2) is 0 Å². The lowest BCUT2D eigenvalue weighted by molar-refractivity contribution is -0.384. The van der Waals surface area contributed by atoms with Crippen LogP contribution in [0.5, 0.6) is 0 Å². The van der Waals surface area contributed by atoms with Crippen molar-refractivity contribution >= 4 is 16.6 Å². The van der Waals surface area contributed by atoms with E-state index in [1.165, 1.54) is 0 Å². The molecule has 1 saturated carbocycles. The predicted octanol–water partition coefficient (Wildman–Crippen LogP) is 2.99. The molecule has 0 bridgehead atoms. The molecule has 1 aliphatic carbocycles. The van der Waals surface area contributed by atoms with E-state index in [1.807, 2.05) is 18.3 Å². The van der Waals surface area contributed by atoms with Gasteiger partial charge in [-0.2, -0.15) is 0 Å². The first kappa shape index (κ1) is 12.2. The number of rotatable bonds is 2. The van der Waals surface area contributed by atoms with Gasteiger partial charge in [0, 0.05) is 35.8 Å². The Kier molecular flexibility index (Phi) is 2.98. The molecule has 2 N–H and O–H groups in total. The van der Waals surface area contributed by atoms with Crippen LogP contribution < -0.4 is 5.73 Å². The molecule has 0 amide bonds. The molecular formula is C14H17N3O2. The second-order valence-corrected chi connectivity index (χ2v) is 5.29. The minimum Gasteiger partial charge on any atom is -0.344 e. The quantitative estimate of drug-likeness (QED) is 0.665. The zero-order valence-electron chi connectivity index (χ0n) is 10.7. The van der Waals surface area contributed by atoms with Crippen LogP contribution in [0.4, 0.5) is 5.69 Å². The fourth-order valence-electron chi connectivity index (χ4n) is 2.95. The molecule has 0 radical (unpaired) electrons. The summed E-state index contributed by atoms with van der Waals surface area (Å²) in [6, 6.07) is 7.80. The van der Waals surface area contributed by atoms with Crippen LogP contribution in [-0.4, -0.2) is 15.5 Å². The van der Waals surface area contributed by atoms with Gasteiger partial charge in [-0.15, -0.1) is 0 Å². The molecule has 1 aromatic heterocycles. The Morgan fingerprint density at radius 1 is 1.21 bits per heavy atom. The maximum atomic E-state index is 10.9. The fraction of sp³-hybridized carbons (Fsp3) is 0.429. The SMILES string of the molecule is N[C@H]1CC[C@@H](n2ccc3ccc([N+](=O)[O-])cc32)CC1. The third kappa shape index (κ3) is 2.21. The van der Waals surface area contributed by atoms with Crippen LogP contribution in [0.15, 0.2) is 30.5 Å². The van der Waals surface area contributed by atoms with E-state index >= 15 is 0 Å². The Morgan fingerprint density at radius 3 is 2.63 bits per heavy atom. The first-order valence-corrected chi connectivity index (χ1v) is 6.66. The minimum absolute atomic E-state index is 0.153. The lowest BCUT2D eigenvalue weighted by atomic mass is 9.91. The molecular weight excluding hydrogens is 242 g/mol. The van der Waals surface area contributed by atoms with E-state index in [9.17, 15) is 10.1 Å². The molecule has 5 nitrogen and oxygen atoms in total. The molecule has 19 heavy (non-hydrogen) atoms. The average Bonchev–Trinajstić information content (AvgIpc) is 2.82. The van der Waals surface area contributed by atoms with Crippen molar-refractivity contribution in [2.45, 2.75) is 37.8 Å². The summed E-state index contributed by atoms with van der Waals surface area (Å²) in [6.45, 7) is 0. The van der Waals surface area contributed by atoms with Crippen molar-refractivity contribution in [2.24, 2.45) is 5.73 Å². The molecule has 1 fully saturated rings. The molecule has 1 heterocycles. The van der Waals surface area contributed by atoms with E-state index in [-0.39, 0.29) is 10.6 Å². The third-order valence-corrected chi connectivity index (χ3v) is 4.05. The van der Waals surface area contributed by atoms with Crippen LogP contribution in [0.25, 0.3) is 10.9 Å². The van der Waals surface area contributed by atoms with Gasteiger partial charge in [-0.25, -0.2) is 0 Å². The first-order valence-electron chi connectivity index (χ1n) is 6.66. The van der Waals surface area contributed by atoms with Crippen LogP contribution in [0.3, 0.4) is 0 Å². The average molecular weight is 259 g/mol. The van der Waals surface area contributed by atoms with E-state index in [0.29, 0.717) is 12.1 Å². The number of fused-ring (bicyclic) bond motifs is 1. The second-order valence-electron chi connectivity index (χ2n) is 5.29. The molecule has 0 aliphatic heterocycles. The maximum absolute atomic E-state index is 10.9. The van der Waals surface area contributed by atoms with Crippen LogP contribution >= 0.6 is 0 Å². The topological polar surface area (TPSA) is 74.1 Å². The summed E-state index contributed by atoms with van der Waals surface area (Å²) >= 11 is 0. The van der Waals surface area contributed by atoms with Gasteiger partial charge in [-0.1, -0.05) is 0 Å². The van der Waals surface area contributed by atoms with Gasteiger partial charge in [0.25, 0.3) is 5.69 Å². The molecule has 0 atom stereocenters. The van der Waals surface area contributed by atoms with Gasteiger partial charge < -0.3 is 10.3 Å². The highest BCUT2D eigenvalue weighted by Crippen LogP contribution is 2.32. The van der Waals surface area contributed by atoms with E-state index in [4.69, 9.17) is 5.73 Å².